The molecule has 0 unspecified atom stereocenters. The van der Waals surface area contributed by atoms with Crippen molar-refractivity contribution in [2.75, 3.05) is 31.6 Å². The summed E-state index contributed by atoms with van der Waals surface area (Å²) in [4.78, 5) is 17.2. The van der Waals surface area contributed by atoms with Gasteiger partial charge in [0.2, 0.25) is 5.95 Å². The van der Waals surface area contributed by atoms with Crippen molar-refractivity contribution in [3.63, 3.8) is 0 Å². The van der Waals surface area contributed by atoms with E-state index in [1.165, 1.54) is 0 Å². The van der Waals surface area contributed by atoms with E-state index in [0.717, 1.165) is 31.8 Å². The molecule has 1 aromatic carbocycles. The van der Waals surface area contributed by atoms with E-state index in [2.05, 4.69) is 20.7 Å². The molecule has 26 heavy (non-hydrogen) atoms. The number of carbonyl (C=O) groups excluding carboxylic acids is 1. The topological polar surface area (TPSA) is 90.3 Å². The Bertz CT molecular complexity index is 789. The van der Waals surface area contributed by atoms with Crippen LogP contribution in [0.3, 0.4) is 0 Å². The van der Waals surface area contributed by atoms with E-state index in [9.17, 15) is 4.79 Å². The largest absolute Gasteiger partial charge is 0.486 e. The Hall–Kier alpha value is -2.32. The first-order valence-corrected chi connectivity index (χ1v) is 8.54. The fourth-order valence-electron chi connectivity index (χ4n) is 3.19. The third-order valence-corrected chi connectivity index (χ3v) is 4.52. The Morgan fingerprint density at radius 3 is 2.85 bits per heavy atom. The van der Waals surface area contributed by atoms with Crippen LogP contribution < -0.4 is 20.1 Å². The lowest BCUT2D eigenvalue weighted by molar-refractivity contribution is 0.101. The van der Waals surface area contributed by atoms with Crippen molar-refractivity contribution in [1.29, 1.82) is 0 Å². The van der Waals surface area contributed by atoms with Gasteiger partial charge in [-0.05, 0) is 38.1 Å². The molecule has 4 rings (SSSR count). The third-order valence-electron chi connectivity index (χ3n) is 4.52. The molecule has 0 atom stereocenters. The predicted octanol–water partition coefficient (Wildman–Crippen LogP) is 1.73. The third kappa shape index (κ3) is 3.61. The molecule has 2 aromatic rings. The fourth-order valence-corrected chi connectivity index (χ4v) is 3.19. The van der Waals surface area contributed by atoms with Crippen LogP contribution in [0.5, 0.6) is 11.5 Å². The molecule has 3 heterocycles. The first kappa shape index (κ1) is 18.5. The van der Waals surface area contributed by atoms with Crippen LogP contribution in [0.2, 0.25) is 0 Å². The van der Waals surface area contributed by atoms with E-state index in [1.54, 1.807) is 29.9 Å². The summed E-state index contributed by atoms with van der Waals surface area (Å²) in [6.45, 7) is 2.86. The number of benzene rings is 1. The molecule has 1 fully saturated rings. The number of halogens is 1. The summed E-state index contributed by atoms with van der Waals surface area (Å²) in [5.74, 6) is 2.34. The Morgan fingerprint density at radius 2 is 2.04 bits per heavy atom. The van der Waals surface area contributed by atoms with Gasteiger partial charge in [0, 0.05) is 13.0 Å². The number of fused-ring (bicyclic) bond motifs is 1. The van der Waals surface area contributed by atoms with Crippen LogP contribution in [0, 0.1) is 0 Å². The Kier molecular flexibility index (Phi) is 5.63. The van der Waals surface area contributed by atoms with Gasteiger partial charge in [-0.25, -0.2) is 4.68 Å². The molecule has 2 N–H and O–H groups in total. The molecular weight excluding hydrogens is 358 g/mol. The van der Waals surface area contributed by atoms with Gasteiger partial charge >= 0.3 is 0 Å². The van der Waals surface area contributed by atoms with Crippen LogP contribution in [0.1, 0.15) is 34.9 Å². The number of nitrogens with zero attached hydrogens (tertiary/aromatic N) is 3. The zero-order valence-corrected chi connectivity index (χ0v) is 15.3. The van der Waals surface area contributed by atoms with Gasteiger partial charge in [0.05, 0.1) is 5.56 Å². The standard InChI is InChI=1S/C17H21N5O3.ClH/c1-22-17(19-15(21-22)11-5-7-18-8-6-11)20-16(23)12-3-2-4-13-14(12)25-10-9-24-13;/h2-4,11,18H,5-10H2,1H3,(H,19,20,21,23);1H. The van der Waals surface area contributed by atoms with Crippen LogP contribution in [-0.2, 0) is 7.05 Å². The molecule has 140 valence electrons. The summed E-state index contributed by atoms with van der Waals surface area (Å²) in [6.07, 6.45) is 2.02. The molecule has 2 aliphatic heterocycles. The van der Waals surface area contributed by atoms with Crippen LogP contribution >= 0.6 is 12.4 Å². The van der Waals surface area contributed by atoms with Gasteiger partial charge in [-0.3, -0.25) is 10.1 Å². The fraction of sp³-hybridized carbons (Fsp3) is 0.471. The van der Waals surface area contributed by atoms with Crippen molar-refractivity contribution in [1.82, 2.24) is 20.1 Å². The molecule has 0 saturated carbocycles. The second kappa shape index (κ2) is 7.92. The van der Waals surface area contributed by atoms with Crippen molar-refractivity contribution in [2.45, 2.75) is 18.8 Å². The molecule has 8 nitrogen and oxygen atoms in total. The summed E-state index contributed by atoms with van der Waals surface area (Å²) >= 11 is 0. The molecule has 1 aromatic heterocycles. The highest BCUT2D eigenvalue weighted by Gasteiger charge is 2.24. The van der Waals surface area contributed by atoms with Gasteiger partial charge in [-0.2, -0.15) is 10.1 Å². The number of hydrogen-bond donors (Lipinski definition) is 2. The number of rotatable bonds is 3. The highest BCUT2D eigenvalue weighted by atomic mass is 35.5. The highest BCUT2D eigenvalue weighted by molar-refractivity contribution is 6.06. The molecule has 0 radical (unpaired) electrons. The van der Waals surface area contributed by atoms with Gasteiger partial charge in [0.1, 0.15) is 13.2 Å². The highest BCUT2D eigenvalue weighted by Crippen LogP contribution is 2.34. The average Bonchev–Trinajstić information content (AvgIpc) is 3.02. The quantitative estimate of drug-likeness (QED) is 0.844. The summed E-state index contributed by atoms with van der Waals surface area (Å²) in [5, 5.41) is 10.6. The molecule has 0 spiro atoms. The minimum atomic E-state index is -0.283. The lowest BCUT2D eigenvalue weighted by atomic mass is 9.98. The second-order valence-corrected chi connectivity index (χ2v) is 6.23. The minimum absolute atomic E-state index is 0. The number of nitrogens with one attached hydrogen (secondary N) is 2. The van der Waals surface area contributed by atoms with Gasteiger partial charge in [-0.1, -0.05) is 6.07 Å². The zero-order valence-electron chi connectivity index (χ0n) is 14.5. The molecule has 0 bridgehead atoms. The minimum Gasteiger partial charge on any atom is -0.486 e. The van der Waals surface area contributed by atoms with Crippen LogP contribution in [-0.4, -0.2) is 47.0 Å². The summed E-state index contributed by atoms with van der Waals surface area (Å²) < 4.78 is 12.7. The number of amides is 1. The van der Waals surface area contributed by atoms with Gasteiger partial charge in [0.15, 0.2) is 17.3 Å². The maximum absolute atomic E-state index is 12.7. The monoisotopic (exact) mass is 379 g/mol. The normalized spacial score (nSPS) is 16.7. The Morgan fingerprint density at radius 1 is 1.27 bits per heavy atom. The van der Waals surface area contributed by atoms with Crippen molar-refractivity contribution >= 4 is 24.3 Å². The van der Waals surface area contributed by atoms with E-state index in [4.69, 9.17) is 9.47 Å². The van der Waals surface area contributed by atoms with Crippen molar-refractivity contribution in [3.8, 4) is 11.5 Å². The Labute approximate surface area is 157 Å². The molecular formula is C17H22ClN5O3. The van der Waals surface area contributed by atoms with E-state index in [1.807, 2.05) is 0 Å². The van der Waals surface area contributed by atoms with Crippen molar-refractivity contribution in [3.05, 3.63) is 29.6 Å². The lowest BCUT2D eigenvalue weighted by Gasteiger charge is -2.20. The smallest absolute Gasteiger partial charge is 0.261 e. The summed E-state index contributed by atoms with van der Waals surface area (Å²) in [7, 11) is 1.78. The van der Waals surface area contributed by atoms with E-state index < -0.39 is 0 Å². The average molecular weight is 380 g/mol. The first-order chi connectivity index (χ1) is 12.2. The number of carbonyl (C=O) groups is 1. The zero-order chi connectivity index (χ0) is 17.2. The van der Waals surface area contributed by atoms with E-state index in [-0.39, 0.29) is 18.3 Å². The second-order valence-electron chi connectivity index (χ2n) is 6.23. The molecule has 0 aliphatic carbocycles. The van der Waals surface area contributed by atoms with E-state index in [0.29, 0.717) is 42.1 Å². The molecule has 1 amide bonds. The number of anilines is 1. The predicted molar refractivity (Wildman–Crippen MR) is 98.5 cm³/mol. The maximum Gasteiger partial charge on any atom is 0.261 e. The Balaban J connectivity index is 0.00000196. The number of ether oxygens (including phenoxy) is 2. The number of aromatic nitrogens is 3. The SMILES string of the molecule is Cl.Cn1nc(C2CCNCC2)nc1NC(=O)c1cccc2c1OCCO2. The molecule has 1 saturated heterocycles. The number of piperidine rings is 1. The van der Waals surface area contributed by atoms with Gasteiger partial charge in [-0.15, -0.1) is 12.4 Å². The molecule has 9 heteroatoms. The van der Waals surface area contributed by atoms with Crippen LogP contribution in [0.4, 0.5) is 5.95 Å². The summed E-state index contributed by atoms with van der Waals surface area (Å²) in [5.41, 5.74) is 0.434. The maximum atomic E-state index is 12.7. The van der Waals surface area contributed by atoms with Crippen LogP contribution in [0.15, 0.2) is 18.2 Å². The van der Waals surface area contributed by atoms with Gasteiger partial charge in [0.25, 0.3) is 5.91 Å². The van der Waals surface area contributed by atoms with Crippen molar-refractivity contribution in [2.24, 2.45) is 7.05 Å². The lowest BCUT2D eigenvalue weighted by Crippen LogP contribution is -2.27. The van der Waals surface area contributed by atoms with Gasteiger partial charge < -0.3 is 14.8 Å². The first-order valence-electron chi connectivity index (χ1n) is 8.54. The van der Waals surface area contributed by atoms with Crippen molar-refractivity contribution < 1.29 is 14.3 Å². The summed E-state index contributed by atoms with van der Waals surface area (Å²) in [6, 6.07) is 5.29. The number of para-hydroxylation sites is 1. The van der Waals surface area contributed by atoms with E-state index >= 15 is 0 Å². The number of aryl methyl sites for hydroxylation is 1. The van der Waals surface area contributed by atoms with Crippen LogP contribution in [0.25, 0.3) is 0 Å². The number of hydrogen-bond acceptors (Lipinski definition) is 6. The molecule has 2 aliphatic rings.